The van der Waals surface area contributed by atoms with E-state index in [1.165, 1.54) is 96.3 Å². The quantitative estimate of drug-likeness (QED) is 0.172. The van der Waals surface area contributed by atoms with Crippen molar-refractivity contribution in [1.82, 2.24) is 0 Å². The lowest BCUT2D eigenvalue weighted by atomic mass is 9.27. The summed E-state index contributed by atoms with van der Waals surface area (Å²) in [7, 11) is 0. The van der Waals surface area contributed by atoms with Gasteiger partial charge in [0.25, 0.3) is 0 Å². The largest absolute Gasteiger partial charge is 0.310 e. The number of benzene rings is 7. The topological polar surface area (TPSA) is 3.24 Å². The molecule has 0 amide bonds. The molecule has 7 aromatic carbocycles. The van der Waals surface area contributed by atoms with Crippen molar-refractivity contribution >= 4 is 48.6 Å². The first-order valence-electron chi connectivity index (χ1n) is 19.9. The van der Waals surface area contributed by atoms with Crippen molar-refractivity contribution in [2.24, 2.45) is 29.1 Å². The van der Waals surface area contributed by atoms with Crippen LogP contribution in [0.4, 0.5) is 17.1 Å². The number of hydrogen-bond acceptors (Lipinski definition) is 2. The van der Waals surface area contributed by atoms with Gasteiger partial charge in [0.15, 0.2) is 0 Å². The zero-order valence-electron chi connectivity index (χ0n) is 30.1. The zero-order chi connectivity index (χ0) is 35.2. The second-order valence-electron chi connectivity index (χ2n) is 16.9. The van der Waals surface area contributed by atoms with E-state index in [0.29, 0.717) is 5.41 Å². The predicted octanol–water partition coefficient (Wildman–Crippen LogP) is 14.2. The van der Waals surface area contributed by atoms with Crippen LogP contribution in [0.2, 0.25) is 0 Å². The van der Waals surface area contributed by atoms with Crippen molar-refractivity contribution in [1.29, 1.82) is 0 Å². The summed E-state index contributed by atoms with van der Waals surface area (Å²) in [6.07, 6.45) is 5.81. The highest BCUT2D eigenvalue weighted by Crippen LogP contribution is 2.89. The van der Waals surface area contributed by atoms with Gasteiger partial charge in [0.1, 0.15) is 0 Å². The molecule has 1 heterocycles. The molecule has 0 N–H and O–H groups in total. The Labute approximate surface area is 320 Å². The van der Waals surface area contributed by atoms with E-state index < -0.39 is 0 Å². The molecule has 1 aromatic heterocycles. The van der Waals surface area contributed by atoms with Crippen LogP contribution < -0.4 is 4.90 Å². The van der Waals surface area contributed by atoms with Crippen molar-refractivity contribution in [2.45, 2.75) is 31.1 Å². The fraction of sp³-hybridized carbons (Fsp3) is 0.192. The number of rotatable bonds is 5. The first-order chi connectivity index (χ1) is 26.7. The van der Waals surface area contributed by atoms with Crippen LogP contribution in [0.15, 0.2) is 164 Å². The summed E-state index contributed by atoms with van der Waals surface area (Å²) in [5.74, 6) is 3.47. The van der Waals surface area contributed by atoms with Gasteiger partial charge < -0.3 is 4.90 Å². The van der Waals surface area contributed by atoms with Crippen LogP contribution >= 0.6 is 11.3 Å². The number of anilines is 3. The molecule has 4 fully saturated rings. The van der Waals surface area contributed by atoms with Crippen molar-refractivity contribution in [3.8, 4) is 33.4 Å². The maximum absolute atomic E-state index is 2.62. The van der Waals surface area contributed by atoms with Gasteiger partial charge in [-0.3, -0.25) is 0 Å². The Hall–Kier alpha value is -5.44. The maximum atomic E-state index is 2.62. The molecule has 13 rings (SSSR count). The standard InChI is InChI=1S/C52H39NS/c1-3-9-33(10-4-1)35-15-18-38(19-16-35)53(40-20-23-43-42-13-7-8-14-47(42)54-48(43)30-40)39-21-24-45-44(29-39)41-22-17-36(34-11-5-2-6-12-34)27-46(41)52(45)49-26-32-25-37-28-50(52)51(37,49)31-32/h1-24,27,29-30,32,37,49-50H,25-26,28,31H2. The summed E-state index contributed by atoms with van der Waals surface area (Å²) in [6.45, 7) is 0. The average molecular weight is 710 g/mol. The maximum Gasteiger partial charge on any atom is 0.0476 e. The summed E-state index contributed by atoms with van der Waals surface area (Å²) < 4.78 is 2.67. The van der Waals surface area contributed by atoms with Crippen LogP contribution in [-0.4, -0.2) is 0 Å². The van der Waals surface area contributed by atoms with E-state index in [-0.39, 0.29) is 5.41 Å². The van der Waals surface area contributed by atoms with E-state index in [0.717, 1.165) is 23.7 Å². The highest BCUT2D eigenvalue weighted by Gasteiger charge is 2.84. The molecule has 6 unspecified atom stereocenters. The molecule has 8 aromatic rings. The highest BCUT2D eigenvalue weighted by atomic mass is 32.1. The molecule has 2 bridgehead atoms. The second kappa shape index (κ2) is 10.6. The first kappa shape index (κ1) is 29.9. The third-order valence-electron chi connectivity index (χ3n) is 14.9. The molecule has 0 radical (unpaired) electrons. The van der Waals surface area contributed by atoms with Gasteiger partial charge >= 0.3 is 0 Å². The molecule has 5 aliphatic carbocycles. The van der Waals surface area contributed by atoms with Gasteiger partial charge in [-0.15, -0.1) is 11.3 Å². The number of fused-ring (bicyclic) bond motifs is 11. The number of thiophene rings is 1. The lowest BCUT2D eigenvalue weighted by Crippen LogP contribution is -2.73. The van der Waals surface area contributed by atoms with Gasteiger partial charge in [-0.1, -0.05) is 115 Å². The van der Waals surface area contributed by atoms with E-state index in [2.05, 4.69) is 169 Å². The van der Waals surface area contributed by atoms with Gasteiger partial charge in [-0.2, -0.15) is 0 Å². The minimum absolute atomic E-state index is 0.151. The third kappa shape index (κ3) is 3.70. The van der Waals surface area contributed by atoms with Gasteiger partial charge in [0, 0.05) is 42.6 Å². The van der Waals surface area contributed by atoms with Crippen LogP contribution in [0, 0.1) is 29.1 Å². The Morgan fingerprint density at radius 1 is 0.463 bits per heavy atom. The van der Waals surface area contributed by atoms with E-state index >= 15 is 0 Å². The number of nitrogens with zero attached hydrogens (tertiary/aromatic N) is 1. The Balaban J connectivity index is 0.999. The summed E-state index contributed by atoms with van der Waals surface area (Å²) in [4.78, 5) is 2.50. The fourth-order valence-corrected chi connectivity index (χ4v) is 14.2. The molecule has 54 heavy (non-hydrogen) atoms. The molecule has 2 spiro atoms. The molecular weight excluding hydrogens is 671 g/mol. The second-order valence-corrected chi connectivity index (χ2v) is 18.0. The summed E-state index contributed by atoms with van der Waals surface area (Å²) >= 11 is 1.90. The third-order valence-corrected chi connectivity index (χ3v) is 16.1. The van der Waals surface area contributed by atoms with Gasteiger partial charge in [-0.25, -0.2) is 0 Å². The fourth-order valence-electron chi connectivity index (χ4n) is 13.0. The van der Waals surface area contributed by atoms with E-state index in [9.17, 15) is 0 Å². The highest BCUT2D eigenvalue weighted by molar-refractivity contribution is 7.25. The van der Waals surface area contributed by atoms with Crippen LogP contribution in [0.1, 0.15) is 36.8 Å². The normalized spacial score (nSPS) is 26.4. The van der Waals surface area contributed by atoms with Gasteiger partial charge in [-0.05, 0) is 148 Å². The van der Waals surface area contributed by atoms with Gasteiger partial charge in [0.05, 0.1) is 0 Å². The Morgan fingerprint density at radius 3 is 1.93 bits per heavy atom. The Bertz CT molecular complexity index is 2820. The molecule has 0 saturated heterocycles. The summed E-state index contributed by atoms with van der Waals surface area (Å²) in [6, 6.07) is 62.0. The average Bonchev–Trinajstić information content (AvgIpc) is 3.96. The van der Waals surface area contributed by atoms with Crippen LogP contribution in [-0.2, 0) is 5.41 Å². The van der Waals surface area contributed by atoms with Crippen LogP contribution in [0.3, 0.4) is 0 Å². The Morgan fingerprint density at radius 2 is 1.11 bits per heavy atom. The lowest BCUT2D eigenvalue weighted by Gasteiger charge is -2.76. The molecule has 0 aliphatic heterocycles. The minimum Gasteiger partial charge on any atom is -0.310 e. The SMILES string of the molecule is c1ccc(-c2ccc(N(c3ccc4c(c3)-c3ccc(-c5ccccc5)cc3C43C4CC5CC6CC3C64C5)c3ccc4c(c3)sc3ccccc34)cc2)cc1. The summed E-state index contributed by atoms with van der Waals surface area (Å²) in [5, 5.41) is 2.68. The number of hydrogen-bond donors (Lipinski definition) is 0. The predicted molar refractivity (Wildman–Crippen MR) is 226 cm³/mol. The molecule has 2 heteroatoms. The van der Waals surface area contributed by atoms with Crippen LogP contribution in [0.25, 0.3) is 53.6 Å². The van der Waals surface area contributed by atoms with Crippen molar-refractivity contribution < 1.29 is 0 Å². The monoisotopic (exact) mass is 709 g/mol. The van der Waals surface area contributed by atoms with Crippen molar-refractivity contribution in [2.75, 3.05) is 4.90 Å². The molecule has 258 valence electrons. The van der Waals surface area contributed by atoms with E-state index in [4.69, 9.17) is 0 Å². The molecule has 5 aliphatic rings. The minimum atomic E-state index is 0.151. The van der Waals surface area contributed by atoms with Crippen LogP contribution in [0.5, 0.6) is 0 Å². The molecule has 1 nitrogen and oxygen atoms in total. The van der Waals surface area contributed by atoms with E-state index in [1.54, 1.807) is 11.1 Å². The molecule has 4 saturated carbocycles. The van der Waals surface area contributed by atoms with Crippen molar-refractivity contribution in [3.05, 3.63) is 175 Å². The van der Waals surface area contributed by atoms with Crippen molar-refractivity contribution in [3.63, 3.8) is 0 Å². The van der Waals surface area contributed by atoms with Gasteiger partial charge in [0.2, 0.25) is 0 Å². The lowest BCUT2D eigenvalue weighted by molar-refractivity contribution is -0.231. The molecule has 6 atom stereocenters. The molecular formula is C52H39NS. The smallest absolute Gasteiger partial charge is 0.0476 e. The first-order valence-corrected chi connectivity index (χ1v) is 20.7. The van der Waals surface area contributed by atoms with E-state index in [1.807, 2.05) is 11.3 Å². The summed E-state index contributed by atoms with van der Waals surface area (Å²) in [5.41, 5.74) is 15.7. The Kier molecular flexibility index (Phi) is 5.89. The zero-order valence-corrected chi connectivity index (χ0v) is 30.9.